The summed E-state index contributed by atoms with van der Waals surface area (Å²) in [7, 11) is 0. The maximum atomic E-state index is 13.4. The topological polar surface area (TPSA) is 12.0 Å². The molecule has 2 rings (SSSR count). The second-order valence-electron chi connectivity index (χ2n) is 5.78. The molecule has 1 aromatic rings. The Kier molecular flexibility index (Phi) is 5.38. The molecule has 0 spiro atoms. The third-order valence-electron chi connectivity index (χ3n) is 4.57. The molecule has 1 N–H and O–H groups in total. The van der Waals surface area contributed by atoms with E-state index in [1.807, 2.05) is 6.07 Å². The van der Waals surface area contributed by atoms with Crippen molar-refractivity contribution in [2.45, 2.75) is 52.0 Å². The lowest BCUT2D eigenvalue weighted by atomic mass is 9.76. The van der Waals surface area contributed by atoms with Gasteiger partial charge in [0.25, 0.3) is 0 Å². The molecule has 0 bridgehead atoms. The van der Waals surface area contributed by atoms with Crippen molar-refractivity contribution < 1.29 is 4.39 Å². The number of nitrogens with one attached hydrogen (secondary N) is 1. The van der Waals surface area contributed by atoms with E-state index in [1.54, 1.807) is 6.07 Å². The van der Waals surface area contributed by atoms with E-state index in [1.165, 1.54) is 38.2 Å². The molecular formula is C17H26FN. The van der Waals surface area contributed by atoms with Gasteiger partial charge in [-0.25, -0.2) is 4.39 Å². The van der Waals surface area contributed by atoms with Crippen LogP contribution in [-0.4, -0.2) is 6.54 Å². The summed E-state index contributed by atoms with van der Waals surface area (Å²) in [5.74, 6) is 1.44. The van der Waals surface area contributed by atoms with Crippen LogP contribution in [0.3, 0.4) is 0 Å². The summed E-state index contributed by atoms with van der Waals surface area (Å²) in [4.78, 5) is 0. The van der Waals surface area contributed by atoms with Crippen molar-refractivity contribution >= 4 is 0 Å². The molecule has 1 aliphatic carbocycles. The SMILES string of the molecule is CCNC(c1cccc(F)c1)C1CCC(CC)CC1. The quantitative estimate of drug-likeness (QED) is 0.812. The first kappa shape index (κ1) is 14.5. The first-order valence-electron chi connectivity index (χ1n) is 7.73. The summed E-state index contributed by atoms with van der Waals surface area (Å²) in [6.07, 6.45) is 6.51. The lowest BCUT2D eigenvalue weighted by Gasteiger charge is -2.34. The molecule has 1 aromatic carbocycles. The second-order valence-corrected chi connectivity index (χ2v) is 5.78. The van der Waals surface area contributed by atoms with E-state index in [2.05, 4.69) is 25.2 Å². The molecule has 1 unspecified atom stereocenters. The average Bonchev–Trinajstić information content (AvgIpc) is 2.45. The van der Waals surface area contributed by atoms with E-state index < -0.39 is 0 Å². The second kappa shape index (κ2) is 7.04. The van der Waals surface area contributed by atoms with Crippen LogP contribution in [0.15, 0.2) is 24.3 Å². The minimum atomic E-state index is -0.123. The number of benzene rings is 1. The lowest BCUT2D eigenvalue weighted by Crippen LogP contribution is -2.31. The Morgan fingerprint density at radius 3 is 2.53 bits per heavy atom. The van der Waals surface area contributed by atoms with Crippen molar-refractivity contribution in [1.29, 1.82) is 0 Å². The zero-order valence-corrected chi connectivity index (χ0v) is 12.2. The Labute approximate surface area is 116 Å². The van der Waals surface area contributed by atoms with E-state index in [-0.39, 0.29) is 5.82 Å². The van der Waals surface area contributed by atoms with Crippen LogP contribution >= 0.6 is 0 Å². The maximum absolute atomic E-state index is 13.4. The van der Waals surface area contributed by atoms with Crippen molar-refractivity contribution in [3.63, 3.8) is 0 Å². The van der Waals surface area contributed by atoms with E-state index in [4.69, 9.17) is 0 Å². The highest BCUT2D eigenvalue weighted by Crippen LogP contribution is 2.37. The van der Waals surface area contributed by atoms with Gasteiger partial charge >= 0.3 is 0 Å². The van der Waals surface area contributed by atoms with E-state index in [0.717, 1.165) is 18.0 Å². The van der Waals surface area contributed by atoms with Crippen LogP contribution in [0.4, 0.5) is 4.39 Å². The van der Waals surface area contributed by atoms with Crippen molar-refractivity contribution in [2.24, 2.45) is 11.8 Å². The van der Waals surface area contributed by atoms with Crippen LogP contribution in [0.2, 0.25) is 0 Å². The molecule has 1 saturated carbocycles. The molecule has 0 radical (unpaired) electrons. The summed E-state index contributed by atoms with van der Waals surface area (Å²) < 4.78 is 13.4. The zero-order chi connectivity index (χ0) is 13.7. The molecule has 2 heteroatoms. The smallest absolute Gasteiger partial charge is 0.123 e. The Morgan fingerprint density at radius 1 is 1.21 bits per heavy atom. The van der Waals surface area contributed by atoms with Gasteiger partial charge in [0.05, 0.1) is 0 Å². The average molecular weight is 263 g/mol. The molecule has 1 atom stereocenters. The Bertz CT molecular complexity index is 383. The fraction of sp³-hybridized carbons (Fsp3) is 0.647. The van der Waals surface area contributed by atoms with Gasteiger partial charge in [0.15, 0.2) is 0 Å². The van der Waals surface area contributed by atoms with Crippen LogP contribution in [0, 0.1) is 17.7 Å². The molecule has 0 amide bonds. The molecule has 106 valence electrons. The van der Waals surface area contributed by atoms with Gasteiger partial charge in [0.2, 0.25) is 0 Å². The predicted molar refractivity (Wildman–Crippen MR) is 78.6 cm³/mol. The molecule has 1 nitrogen and oxygen atoms in total. The molecule has 19 heavy (non-hydrogen) atoms. The lowest BCUT2D eigenvalue weighted by molar-refractivity contribution is 0.220. The molecule has 0 aromatic heterocycles. The third kappa shape index (κ3) is 3.79. The normalized spacial score (nSPS) is 25.2. The van der Waals surface area contributed by atoms with Gasteiger partial charge < -0.3 is 5.32 Å². The van der Waals surface area contributed by atoms with Gasteiger partial charge in [-0.1, -0.05) is 45.2 Å². The van der Waals surface area contributed by atoms with Crippen LogP contribution in [0.1, 0.15) is 57.6 Å². The molecule has 0 aliphatic heterocycles. The summed E-state index contributed by atoms with van der Waals surface area (Å²) in [5.41, 5.74) is 1.11. The van der Waals surface area contributed by atoms with Crippen molar-refractivity contribution in [3.05, 3.63) is 35.6 Å². The third-order valence-corrected chi connectivity index (χ3v) is 4.57. The zero-order valence-electron chi connectivity index (χ0n) is 12.2. The van der Waals surface area contributed by atoms with Gasteiger partial charge in [-0.05, 0) is 48.9 Å². The number of rotatable bonds is 5. The minimum absolute atomic E-state index is 0.123. The number of hydrogen-bond donors (Lipinski definition) is 1. The van der Waals surface area contributed by atoms with Gasteiger partial charge in [-0.3, -0.25) is 0 Å². The molecule has 1 aliphatic rings. The highest BCUT2D eigenvalue weighted by Gasteiger charge is 2.27. The summed E-state index contributed by atoms with van der Waals surface area (Å²) >= 11 is 0. The van der Waals surface area contributed by atoms with Gasteiger partial charge in [0, 0.05) is 6.04 Å². The van der Waals surface area contributed by atoms with E-state index in [0.29, 0.717) is 12.0 Å². The fourth-order valence-corrected chi connectivity index (χ4v) is 3.41. The first-order chi connectivity index (χ1) is 9.24. The first-order valence-corrected chi connectivity index (χ1v) is 7.73. The minimum Gasteiger partial charge on any atom is -0.310 e. The molecule has 0 saturated heterocycles. The van der Waals surface area contributed by atoms with Crippen LogP contribution in [-0.2, 0) is 0 Å². The van der Waals surface area contributed by atoms with Crippen molar-refractivity contribution in [1.82, 2.24) is 5.32 Å². The van der Waals surface area contributed by atoms with Gasteiger partial charge in [0.1, 0.15) is 5.82 Å². The number of hydrogen-bond acceptors (Lipinski definition) is 1. The van der Waals surface area contributed by atoms with Gasteiger partial charge in [-0.15, -0.1) is 0 Å². The van der Waals surface area contributed by atoms with Crippen molar-refractivity contribution in [2.75, 3.05) is 6.54 Å². The van der Waals surface area contributed by atoms with Crippen LogP contribution < -0.4 is 5.32 Å². The maximum Gasteiger partial charge on any atom is 0.123 e. The largest absolute Gasteiger partial charge is 0.310 e. The Balaban J connectivity index is 2.08. The standard InChI is InChI=1S/C17H26FN/c1-3-13-8-10-14(11-9-13)17(19-4-2)15-6-5-7-16(18)12-15/h5-7,12-14,17,19H,3-4,8-11H2,1-2H3. The molecule has 0 heterocycles. The van der Waals surface area contributed by atoms with Gasteiger partial charge in [-0.2, -0.15) is 0 Å². The fourth-order valence-electron chi connectivity index (χ4n) is 3.41. The summed E-state index contributed by atoms with van der Waals surface area (Å²) in [6, 6.07) is 7.42. The van der Waals surface area contributed by atoms with E-state index >= 15 is 0 Å². The summed E-state index contributed by atoms with van der Waals surface area (Å²) in [6.45, 7) is 5.36. The Hall–Kier alpha value is -0.890. The number of halogens is 1. The molecular weight excluding hydrogens is 237 g/mol. The highest BCUT2D eigenvalue weighted by atomic mass is 19.1. The van der Waals surface area contributed by atoms with Crippen LogP contribution in [0.25, 0.3) is 0 Å². The highest BCUT2D eigenvalue weighted by molar-refractivity contribution is 5.21. The summed E-state index contributed by atoms with van der Waals surface area (Å²) in [5, 5.41) is 3.56. The Morgan fingerprint density at radius 2 is 1.95 bits per heavy atom. The predicted octanol–water partition coefficient (Wildman–Crippen LogP) is 4.69. The van der Waals surface area contributed by atoms with E-state index in [9.17, 15) is 4.39 Å². The van der Waals surface area contributed by atoms with Crippen molar-refractivity contribution in [3.8, 4) is 0 Å². The van der Waals surface area contributed by atoms with Crippen LogP contribution in [0.5, 0.6) is 0 Å². The molecule has 1 fully saturated rings. The monoisotopic (exact) mass is 263 g/mol.